The van der Waals surface area contributed by atoms with Crippen LogP contribution in [0.25, 0.3) is 0 Å². The van der Waals surface area contributed by atoms with Crippen molar-refractivity contribution in [2.45, 2.75) is 26.8 Å². The first-order valence-electron chi connectivity index (χ1n) is 5.72. The van der Waals surface area contributed by atoms with Crippen molar-refractivity contribution in [3.63, 3.8) is 0 Å². The number of aliphatic imine (C=N–C) groups is 1. The van der Waals surface area contributed by atoms with Crippen molar-refractivity contribution in [2.75, 3.05) is 6.54 Å². The first kappa shape index (κ1) is 13.3. The Morgan fingerprint density at radius 3 is 2.94 bits per heavy atom. The Balaban J connectivity index is 2.58. The number of aromatic nitrogens is 2. The van der Waals surface area contributed by atoms with E-state index in [1.54, 1.807) is 4.68 Å². The first-order chi connectivity index (χ1) is 8.02. The van der Waals surface area contributed by atoms with Crippen molar-refractivity contribution in [2.24, 2.45) is 17.8 Å². The highest BCUT2D eigenvalue weighted by molar-refractivity contribution is 5.78. The van der Waals surface area contributed by atoms with E-state index in [0.717, 1.165) is 23.3 Å². The summed E-state index contributed by atoms with van der Waals surface area (Å²) in [5, 5.41) is 7.35. The molecule has 0 aliphatic rings. The molecule has 94 valence electrons. The molecule has 5 nitrogen and oxygen atoms in total. The predicted octanol–water partition coefficient (Wildman–Crippen LogP) is 0.963. The zero-order valence-corrected chi connectivity index (χ0v) is 10.8. The van der Waals surface area contributed by atoms with E-state index in [-0.39, 0.29) is 0 Å². The van der Waals surface area contributed by atoms with Gasteiger partial charge in [0.2, 0.25) is 0 Å². The smallest absolute Gasteiger partial charge is 0.189 e. The van der Waals surface area contributed by atoms with Crippen molar-refractivity contribution in [3.05, 3.63) is 29.6 Å². The van der Waals surface area contributed by atoms with Crippen molar-refractivity contribution >= 4 is 5.96 Å². The van der Waals surface area contributed by atoms with Gasteiger partial charge in [0.05, 0.1) is 12.2 Å². The van der Waals surface area contributed by atoms with Crippen molar-refractivity contribution in [3.8, 4) is 0 Å². The Hall–Kier alpha value is -1.78. The number of nitrogens with two attached hydrogens (primary N) is 1. The highest BCUT2D eigenvalue weighted by atomic mass is 15.3. The number of guanidine groups is 1. The van der Waals surface area contributed by atoms with E-state index >= 15 is 0 Å². The lowest BCUT2D eigenvalue weighted by atomic mass is 10.2. The Morgan fingerprint density at radius 1 is 1.65 bits per heavy atom. The molecule has 0 saturated carbocycles. The van der Waals surface area contributed by atoms with Crippen LogP contribution in [-0.2, 0) is 20.0 Å². The molecule has 3 N–H and O–H groups in total. The molecule has 1 rings (SSSR count). The van der Waals surface area contributed by atoms with E-state index in [1.807, 2.05) is 20.2 Å². The van der Waals surface area contributed by atoms with Crippen LogP contribution >= 0.6 is 0 Å². The molecule has 0 unspecified atom stereocenters. The Kier molecular flexibility index (Phi) is 4.75. The van der Waals surface area contributed by atoms with Gasteiger partial charge in [-0.05, 0) is 13.3 Å². The molecular formula is C12H21N5. The Bertz CT molecular complexity index is 417. The minimum atomic E-state index is 0.443. The van der Waals surface area contributed by atoms with Crippen LogP contribution in [0.15, 0.2) is 23.3 Å². The van der Waals surface area contributed by atoms with E-state index < -0.39 is 0 Å². The van der Waals surface area contributed by atoms with E-state index in [1.165, 1.54) is 0 Å². The molecule has 0 amide bonds. The van der Waals surface area contributed by atoms with Crippen LogP contribution in [0.4, 0.5) is 0 Å². The van der Waals surface area contributed by atoms with Gasteiger partial charge < -0.3 is 11.1 Å². The summed E-state index contributed by atoms with van der Waals surface area (Å²) in [6.07, 6.45) is 2.89. The molecule has 0 radical (unpaired) electrons. The third-order valence-electron chi connectivity index (χ3n) is 2.32. The summed E-state index contributed by atoms with van der Waals surface area (Å²) < 4.78 is 1.81. The van der Waals surface area contributed by atoms with Crippen LogP contribution in [-0.4, -0.2) is 22.3 Å². The van der Waals surface area contributed by atoms with Gasteiger partial charge in [-0.2, -0.15) is 5.10 Å². The maximum absolute atomic E-state index is 5.74. The molecule has 0 atom stereocenters. The van der Waals surface area contributed by atoms with Gasteiger partial charge in [0.1, 0.15) is 0 Å². The van der Waals surface area contributed by atoms with Crippen LogP contribution in [0.1, 0.15) is 25.1 Å². The molecule has 0 aliphatic heterocycles. The Morgan fingerprint density at radius 2 is 2.35 bits per heavy atom. The van der Waals surface area contributed by atoms with Gasteiger partial charge in [-0.1, -0.05) is 19.1 Å². The standard InChI is InChI=1S/C12H21N5/c1-5-11-10(8-17(4)16-11)7-15-12(13)14-6-9(2)3/h8H,2,5-7H2,1,3-4H3,(H3,13,14,15). The van der Waals surface area contributed by atoms with Crippen molar-refractivity contribution in [1.82, 2.24) is 15.1 Å². The molecule has 17 heavy (non-hydrogen) atoms. The van der Waals surface area contributed by atoms with Crippen LogP contribution in [0.3, 0.4) is 0 Å². The van der Waals surface area contributed by atoms with E-state index in [9.17, 15) is 0 Å². The van der Waals surface area contributed by atoms with E-state index in [0.29, 0.717) is 19.0 Å². The van der Waals surface area contributed by atoms with Crippen molar-refractivity contribution in [1.29, 1.82) is 0 Å². The summed E-state index contributed by atoms with van der Waals surface area (Å²) in [7, 11) is 1.91. The maximum atomic E-state index is 5.74. The normalized spacial score (nSPS) is 11.6. The van der Waals surface area contributed by atoms with Crippen LogP contribution < -0.4 is 11.1 Å². The molecule has 1 heterocycles. The fourth-order valence-electron chi connectivity index (χ4n) is 1.48. The molecule has 1 aromatic heterocycles. The quantitative estimate of drug-likeness (QED) is 0.454. The highest BCUT2D eigenvalue weighted by Gasteiger charge is 2.04. The van der Waals surface area contributed by atoms with Gasteiger partial charge in [-0.25, -0.2) is 4.99 Å². The number of hydrogen-bond acceptors (Lipinski definition) is 2. The summed E-state index contributed by atoms with van der Waals surface area (Å²) in [5.41, 5.74) is 8.96. The third-order valence-corrected chi connectivity index (χ3v) is 2.32. The summed E-state index contributed by atoms with van der Waals surface area (Å²) in [5.74, 6) is 0.443. The van der Waals surface area contributed by atoms with E-state index in [4.69, 9.17) is 5.73 Å². The van der Waals surface area contributed by atoms with Gasteiger partial charge in [-0.3, -0.25) is 4.68 Å². The SMILES string of the molecule is C=C(C)CNC(N)=NCc1cn(C)nc1CC. The predicted molar refractivity (Wildman–Crippen MR) is 70.7 cm³/mol. The number of hydrogen-bond donors (Lipinski definition) is 2. The lowest BCUT2D eigenvalue weighted by Gasteiger charge is -2.04. The zero-order valence-electron chi connectivity index (χ0n) is 10.8. The second-order valence-electron chi connectivity index (χ2n) is 4.14. The van der Waals surface area contributed by atoms with Gasteiger partial charge >= 0.3 is 0 Å². The molecule has 0 spiro atoms. The van der Waals surface area contributed by atoms with Crippen molar-refractivity contribution < 1.29 is 0 Å². The number of aryl methyl sites for hydroxylation is 2. The number of nitrogens with one attached hydrogen (secondary N) is 1. The molecule has 0 aliphatic carbocycles. The average molecular weight is 235 g/mol. The fourth-order valence-corrected chi connectivity index (χ4v) is 1.48. The molecule has 5 heteroatoms. The van der Waals surface area contributed by atoms with Crippen LogP contribution in [0, 0.1) is 0 Å². The maximum Gasteiger partial charge on any atom is 0.189 e. The van der Waals surface area contributed by atoms with Gasteiger partial charge in [0, 0.05) is 25.4 Å². The van der Waals surface area contributed by atoms with Gasteiger partial charge in [-0.15, -0.1) is 0 Å². The first-order valence-corrected chi connectivity index (χ1v) is 5.72. The lowest BCUT2D eigenvalue weighted by molar-refractivity contribution is 0.746. The molecular weight excluding hydrogens is 214 g/mol. The van der Waals surface area contributed by atoms with Gasteiger partial charge in [0.15, 0.2) is 5.96 Å². The largest absolute Gasteiger partial charge is 0.370 e. The topological polar surface area (TPSA) is 68.2 Å². The molecule has 0 fully saturated rings. The van der Waals surface area contributed by atoms with E-state index in [2.05, 4.69) is 28.9 Å². The second-order valence-corrected chi connectivity index (χ2v) is 4.14. The lowest BCUT2D eigenvalue weighted by Crippen LogP contribution is -2.32. The van der Waals surface area contributed by atoms with Crippen LogP contribution in [0.5, 0.6) is 0 Å². The minimum Gasteiger partial charge on any atom is -0.370 e. The fraction of sp³-hybridized carbons (Fsp3) is 0.500. The average Bonchev–Trinajstić information content (AvgIpc) is 2.64. The number of nitrogens with zero attached hydrogens (tertiary/aromatic N) is 3. The summed E-state index contributed by atoms with van der Waals surface area (Å²) in [4.78, 5) is 4.28. The summed E-state index contributed by atoms with van der Waals surface area (Å²) >= 11 is 0. The summed E-state index contributed by atoms with van der Waals surface area (Å²) in [6, 6.07) is 0. The molecule has 1 aromatic rings. The second kappa shape index (κ2) is 6.08. The Labute approximate surface area is 102 Å². The minimum absolute atomic E-state index is 0.443. The van der Waals surface area contributed by atoms with Crippen LogP contribution in [0.2, 0.25) is 0 Å². The molecule has 0 aromatic carbocycles. The molecule has 0 saturated heterocycles. The van der Waals surface area contributed by atoms with Gasteiger partial charge in [0.25, 0.3) is 0 Å². The zero-order chi connectivity index (χ0) is 12.8. The monoisotopic (exact) mass is 235 g/mol. The molecule has 0 bridgehead atoms. The summed E-state index contributed by atoms with van der Waals surface area (Å²) in [6.45, 7) is 9.03. The number of rotatable bonds is 5. The third kappa shape index (κ3) is 4.30. The highest BCUT2D eigenvalue weighted by Crippen LogP contribution is 2.08.